The van der Waals surface area contributed by atoms with Gasteiger partial charge in [-0.1, -0.05) is 11.6 Å². The van der Waals surface area contributed by atoms with Gasteiger partial charge < -0.3 is 5.32 Å². The molecule has 0 bridgehead atoms. The molecule has 0 amide bonds. The second-order valence-corrected chi connectivity index (χ2v) is 7.06. The molecule has 0 spiro atoms. The minimum absolute atomic E-state index is 0. The monoisotopic (exact) mass is 342 g/mol. The van der Waals surface area contributed by atoms with Crippen LogP contribution in [0.4, 0.5) is 4.39 Å². The fraction of sp³-hybridized carbons (Fsp3) is 0.500. The summed E-state index contributed by atoms with van der Waals surface area (Å²) in [4.78, 5) is -0.0258. The third-order valence-corrected chi connectivity index (χ3v) is 5.49. The summed E-state index contributed by atoms with van der Waals surface area (Å²) in [7, 11) is -3.67. The van der Waals surface area contributed by atoms with Gasteiger partial charge in [-0.25, -0.2) is 12.8 Å². The van der Waals surface area contributed by atoms with Crippen molar-refractivity contribution in [1.82, 2.24) is 9.62 Å². The standard InChI is InChI=1S/C12H16ClFN2O2S.ClH/c1-8-5-12(10(13)6-11(8)14)19(17,18)16-4-3-15-9(2)7-16;/h5-6,9,15H,3-4,7H2,1-2H3;1H. The summed E-state index contributed by atoms with van der Waals surface area (Å²) in [6.45, 7) is 4.80. The fourth-order valence-corrected chi connectivity index (χ4v) is 4.19. The molecule has 0 aromatic heterocycles. The lowest BCUT2D eigenvalue weighted by Crippen LogP contribution is -2.51. The third-order valence-electron chi connectivity index (χ3n) is 3.16. The van der Waals surface area contributed by atoms with Crippen molar-refractivity contribution < 1.29 is 12.8 Å². The van der Waals surface area contributed by atoms with Gasteiger partial charge in [0.15, 0.2) is 0 Å². The Morgan fingerprint density at radius 1 is 1.45 bits per heavy atom. The highest BCUT2D eigenvalue weighted by Gasteiger charge is 2.30. The van der Waals surface area contributed by atoms with Crippen molar-refractivity contribution in [2.24, 2.45) is 0 Å². The zero-order valence-corrected chi connectivity index (χ0v) is 13.6. The van der Waals surface area contributed by atoms with E-state index in [-0.39, 0.29) is 33.9 Å². The zero-order valence-electron chi connectivity index (χ0n) is 11.2. The molecule has 114 valence electrons. The highest BCUT2D eigenvalue weighted by molar-refractivity contribution is 7.89. The first-order chi connectivity index (χ1) is 8.82. The van der Waals surface area contributed by atoms with Crippen LogP contribution in [0.15, 0.2) is 17.0 Å². The van der Waals surface area contributed by atoms with Crippen LogP contribution in [0.2, 0.25) is 5.02 Å². The van der Waals surface area contributed by atoms with Crippen LogP contribution in [0.1, 0.15) is 12.5 Å². The fourth-order valence-electron chi connectivity index (χ4n) is 2.08. The van der Waals surface area contributed by atoms with E-state index in [9.17, 15) is 12.8 Å². The second kappa shape index (κ2) is 6.58. The first kappa shape index (κ1) is 17.7. The topological polar surface area (TPSA) is 49.4 Å². The number of halogens is 3. The molecule has 1 unspecified atom stereocenters. The van der Waals surface area contributed by atoms with Gasteiger partial charge in [0, 0.05) is 25.7 Å². The van der Waals surface area contributed by atoms with Crippen molar-refractivity contribution in [3.63, 3.8) is 0 Å². The average molecular weight is 343 g/mol. The minimum Gasteiger partial charge on any atom is -0.312 e. The second-order valence-electron chi connectivity index (χ2n) is 4.75. The quantitative estimate of drug-likeness (QED) is 0.896. The Bertz CT molecular complexity index is 595. The van der Waals surface area contributed by atoms with E-state index in [2.05, 4.69) is 5.32 Å². The van der Waals surface area contributed by atoms with Crippen LogP contribution in [0.3, 0.4) is 0 Å². The number of nitrogens with zero attached hydrogens (tertiary/aromatic N) is 1. The molecule has 8 heteroatoms. The van der Waals surface area contributed by atoms with E-state index in [1.807, 2.05) is 6.92 Å². The van der Waals surface area contributed by atoms with Crippen molar-refractivity contribution in [2.45, 2.75) is 24.8 Å². The Balaban J connectivity index is 0.00000200. The van der Waals surface area contributed by atoms with Crippen molar-refractivity contribution in [3.05, 3.63) is 28.5 Å². The molecule has 1 aromatic carbocycles. The number of hydrogen-bond donors (Lipinski definition) is 1. The normalized spacial score (nSPS) is 20.5. The van der Waals surface area contributed by atoms with Gasteiger partial charge in [0.25, 0.3) is 0 Å². The highest BCUT2D eigenvalue weighted by atomic mass is 35.5. The summed E-state index contributed by atoms with van der Waals surface area (Å²) >= 11 is 5.88. The summed E-state index contributed by atoms with van der Waals surface area (Å²) in [6, 6.07) is 2.43. The number of hydrogen-bond acceptors (Lipinski definition) is 3. The molecule has 1 saturated heterocycles. The van der Waals surface area contributed by atoms with Crippen LogP contribution in [0.5, 0.6) is 0 Å². The van der Waals surface area contributed by atoms with Crippen LogP contribution in [-0.4, -0.2) is 38.4 Å². The lowest BCUT2D eigenvalue weighted by molar-refractivity contribution is 0.310. The van der Waals surface area contributed by atoms with Crippen LogP contribution in [-0.2, 0) is 10.0 Å². The van der Waals surface area contributed by atoms with Crippen molar-refractivity contribution >= 4 is 34.0 Å². The maximum absolute atomic E-state index is 13.3. The zero-order chi connectivity index (χ0) is 14.2. The summed E-state index contributed by atoms with van der Waals surface area (Å²) in [5, 5.41) is 3.10. The number of benzene rings is 1. The summed E-state index contributed by atoms with van der Waals surface area (Å²) in [5.41, 5.74) is 0.270. The average Bonchev–Trinajstić information content (AvgIpc) is 2.33. The van der Waals surface area contributed by atoms with E-state index in [1.165, 1.54) is 17.3 Å². The maximum Gasteiger partial charge on any atom is 0.244 e. The van der Waals surface area contributed by atoms with Crippen LogP contribution in [0.25, 0.3) is 0 Å². The molecular weight excluding hydrogens is 326 g/mol. The van der Waals surface area contributed by atoms with Gasteiger partial charge in [-0.2, -0.15) is 4.31 Å². The predicted octanol–water partition coefficient (Wildman–Crippen LogP) is 2.19. The first-order valence-corrected chi connectivity index (χ1v) is 7.83. The molecule has 1 fully saturated rings. The smallest absolute Gasteiger partial charge is 0.244 e. The molecule has 0 saturated carbocycles. The minimum atomic E-state index is -3.67. The summed E-state index contributed by atoms with van der Waals surface area (Å²) in [5.74, 6) is -0.502. The predicted molar refractivity (Wildman–Crippen MR) is 79.6 cm³/mol. The Morgan fingerprint density at radius 3 is 2.70 bits per heavy atom. The van der Waals surface area contributed by atoms with E-state index >= 15 is 0 Å². The van der Waals surface area contributed by atoms with Gasteiger partial charge in [-0.15, -0.1) is 12.4 Å². The molecule has 1 aliphatic heterocycles. The molecule has 20 heavy (non-hydrogen) atoms. The summed E-state index contributed by atoms with van der Waals surface area (Å²) in [6.07, 6.45) is 0. The van der Waals surface area contributed by atoms with E-state index in [4.69, 9.17) is 11.6 Å². The lowest BCUT2D eigenvalue weighted by atomic mass is 10.2. The van der Waals surface area contributed by atoms with Gasteiger partial charge in [0.2, 0.25) is 10.0 Å². The first-order valence-electron chi connectivity index (χ1n) is 6.01. The largest absolute Gasteiger partial charge is 0.312 e. The Morgan fingerprint density at radius 2 is 2.10 bits per heavy atom. The van der Waals surface area contributed by atoms with Crippen LogP contribution in [0, 0.1) is 12.7 Å². The molecule has 1 aliphatic rings. The van der Waals surface area contributed by atoms with E-state index in [1.54, 1.807) is 0 Å². The molecule has 0 radical (unpaired) electrons. The molecule has 1 aromatic rings. The van der Waals surface area contributed by atoms with Crippen molar-refractivity contribution in [1.29, 1.82) is 0 Å². The number of rotatable bonds is 2. The third kappa shape index (κ3) is 3.43. The van der Waals surface area contributed by atoms with Crippen LogP contribution >= 0.6 is 24.0 Å². The number of piperazine rings is 1. The molecule has 1 atom stereocenters. The Hall–Kier alpha value is -0.400. The SMILES string of the molecule is Cc1cc(S(=O)(=O)N2CCNC(C)C2)c(Cl)cc1F.Cl. The van der Waals surface area contributed by atoms with Gasteiger partial charge in [-0.05, 0) is 31.5 Å². The number of sulfonamides is 1. The Labute approximate surface area is 129 Å². The van der Waals surface area contributed by atoms with Crippen LogP contribution < -0.4 is 5.32 Å². The molecule has 1 heterocycles. The highest BCUT2D eigenvalue weighted by Crippen LogP contribution is 2.27. The van der Waals surface area contributed by atoms with Gasteiger partial charge in [0.05, 0.1) is 5.02 Å². The maximum atomic E-state index is 13.3. The van der Waals surface area contributed by atoms with Gasteiger partial charge >= 0.3 is 0 Å². The molecule has 2 rings (SSSR count). The number of aryl methyl sites for hydroxylation is 1. The Kier molecular flexibility index (Phi) is 5.80. The molecule has 1 N–H and O–H groups in total. The van der Waals surface area contributed by atoms with Crippen molar-refractivity contribution in [2.75, 3.05) is 19.6 Å². The molecule has 4 nitrogen and oxygen atoms in total. The van der Waals surface area contributed by atoms with Gasteiger partial charge in [-0.3, -0.25) is 0 Å². The van der Waals surface area contributed by atoms with E-state index in [0.717, 1.165) is 6.07 Å². The van der Waals surface area contributed by atoms with E-state index < -0.39 is 15.8 Å². The molecule has 0 aliphatic carbocycles. The lowest BCUT2D eigenvalue weighted by Gasteiger charge is -2.31. The number of nitrogens with one attached hydrogen (secondary N) is 1. The van der Waals surface area contributed by atoms with Gasteiger partial charge in [0.1, 0.15) is 10.7 Å². The van der Waals surface area contributed by atoms with E-state index in [0.29, 0.717) is 19.6 Å². The molecular formula is C12H17Cl2FN2O2S. The van der Waals surface area contributed by atoms with Crippen molar-refractivity contribution in [3.8, 4) is 0 Å². The summed E-state index contributed by atoms with van der Waals surface area (Å²) < 4.78 is 39.7.